The number of rotatable bonds is 7. The molecule has 1 unspecified atom stereocenters. The summed E-state index contributed by atoms with van der Waals surface area (Å²) in [6.45, 7) is 5.55. The highest BCUT2D eigenvalue weighted by Gasteiger charge is 2.61. The van der Waals surface area contributed by atoms with Gasteiger partial charge in [-0.15, -0.1) is 0 Å². The number of nitrogens with zero attached hydrogens (tertiary/aromatic N) is 1. The normalized spacial score (nSPS) is 18.6. The van der Waals surface area contributed by atoms with Gasteiger partial charge in [0.15, 0.2) is 5.41 Å². The van der Waals surface area contributed by atoms with Crippen LogP contribution < -0.4 is 0 Å². The summed E-state index contributed by atoms with van der Waals surface area (Å²) in [6.07, 6.45) is 2.83. The lowest BCUT2D eigenvalue weighted by molar-refractivity contribution is -0.384. The van der Waals surface area contributed by atoms with Gasteiger partial charge in [0.1, 0.15) is 0 Å². The smallest absolute Gasteiger partial charge is 0.324 e. The van der Waals surface area contributed by atoms with E-state index in [4.69, 9.17) is 9.47 Å². The van der Waals surface area contributed by atoms with Gasteiger partial charge in [0.25, 0.3) is 5.69 Å². The molecule has 140 valence electrons. The maximum Gasteiger partial charge on any atom is 0.324 e. The Balaban J connectivity index is 2.40. The fourth-order valence-corrected chi connectivity index (χ4v) is 3.43. The Labute approximate surface area is 152 Å². The lowest BCUT2D eigenvalue weighted by atomic mass is 9.56. The Kier molecular flexibility index (Phi) is 6.13. The van der Waals surface area contributed by atoms with E-state index in [0.717, 1.165) is 11.1 Å². The van der Waals surface area contributed by atoms with Gasteiger partial charge in [-0.1, -0.05) is 6.08 Å². The minimum absolute atomic E-state index is 0.0140. The molecular formula is C19H23NO6. The number of non-ortho nitro benzene ring substituents is 1. The number of hydrogen-bond donors (Lipinski definition) is 0. The minimum atomic E-state index is -1.35. The van der Waals surface area contributed by atoms with Crippen molar-refractivity contribution in [3.63, 3.8) is 0 Å². The molecule has 1 fully saturated rings. The topological polar surface area (TPSA) is 95.7 Å². The first-order chi connectivity index (χ1) is 12.4. The number of carbonyl (C=O) groups is 2. The van der Waals surface area contributed by atoms with Crippen LogP contribution in [0.25, 0.3) is 5.57 Å². The zero-order valence-electron chi connectivity index (χ0n) is 15.2. The number of nitro benzene ring substituents is 1. The quantitative estimate of drug-likeness (QED) is 0.319. The highest BCUT2D eigenvalue weighted by atomic mass is 16.6. The van der Waals surface area contributed by atoms with Crippen LogP contribution in [0.3, 0.4) is 0 Å². The van der Waals surface area contributed by atoms with Crippen LogP contribution in [0, 0.1) is 21.4 Å². The van der Waals surface area contributed by atoms with Crippen LogP contribution in [0.5, 0.6) is 0 Å². The molecular weight excluding hydrogens is 338 g/mol. The third-order valence-corrected chi connectivity index (χ3v) is 4.80. The Morgan fingerprint density at radius 3 is 2.08 bits per heavy atom. The summed E-state index contributed by atoms with van der Waals surface area (Å²) in [5, 5.41) is 10.8. The largest absolute Gasteiger partial charge is 0.465 e. The third kappa shape index (κ3) is 3.34. The minimum Gasteiger partial charge on any atom is -0.465 e. The summed E-state index contributed by atoms with van der Waals surface area (Å²) in [5.74, 6) is -1.53. The van der Waals surface area contributed by atoms with Gasteiger partial charge in [0, 0.05) is 18.1 Å². The molecule has 7 nitrogen and oxygen atoms in total. The molecule has 7 heteroatoms. The van der Waals surface area contributed by atoms with Crippen molar-refractivity contribution in [3.8, 4) is 0 Å². The number of benzene rings is 1. The van der Waals surface area contributed by atoms with E-state index in [0.29, 0.717) is 12.8 Å². The Bertz CT molecular complexity index is 704. The van der Waals surface area contributed by atoms with E-state index < -0.39 is 22.3 Å². The number of ether oxygens (including phenoxy) is 2. The standard InChI is InChI=1S/C19H23NO6/c1-4-15(13-7-9-14(10-8-13)20(23)24)16-11-12-19(16,17(21)25-5-2)18(22)26-6-3/h4,7-10,16H,5-6,11-12H2,1-3H3/b15-4+. The third-order valence-electron chi connectivity index (χ3n) is 4.80. The Morgan fingerprint density at radius 2 is 1.73 bits per heavy atom. The molecule has 0 saturated heterocycles. The molecule has 1 atom stereocenters. The molecule has 0 aliphatic heterocycles. The van der Waals surface area contributed by atoms with Gasteiger partial charge in [-0.3, -0.25) is 19.7 Å². The summed E-state index contributed by atoms with van der Waals surface area (Å²) in [6, 6.07) is 6.08. The van der Waals surface area contributed by atoms with Crippen LogP contribution in [0.15, 0.2) is 30.3 Å². The fourth-order valence-electron chi connectivity index (χ4n) is 3.43. The number of esters is 2. The highest BCUT2D eigenvalue weighted by molar-refractivity contribution is 6.04. The van der Waals surface area contributed by atoms with Gasteiger partial charge in [-0.25, -0.2) is 0 Å². The average Bonchev–Trinajstić information content (AvgIpc) is 2.59. The van der Waals surface area contributed by atoms with Crippen molar-refractivity contribution in [1.82, 2.24) is 0 Å². The summed E-state index contributed by atoms with van der Waals surface area (Å²) in [7, 11) is 0. The molecule has 26 heavy (non-hydrogen) atoms. The summed E-state index contributed by atoms with van der Waals surface area (Å²) >= 11 is 0. The van der Waals surface area contributed by atoms with Crippen molar-refractivity contribution in [1.29, 1.82) is 0 Å². The molecule has 1 aliphatic rings. The van der Waals surface area contributed by atoms with E-state index in [2.05, 4.69) is 0 Å². The Hall–Kier alpha value is -2.70. The van der Waals surface area contributed by atoms with Gasteiger partial charge in [0.2, 0.25) is 0 Å². The molecule has 2 rings (SSSR count). The predicted octanol–water partition coefficient (Wildman–Crippen LogP) is 3.52. The second kappa shape index (κ2) is 8.12. The zero-order chi connectivity index (χ0) is 19.3. The summed E-state index contributed by atoms with van der Waals surface area (Å²) in [5.41, 5.74) is 0.156. The molecule has 1 aromatic carbocycles. The lowest BCUT2D eigenvalue weighted by Gasteiger charge is -2.46. The molecule has 1 aliphatic carbocycles. The molecule has 0 bridgehead atoms. The van der Waals surface area contributed by atoms with E-state index >= 15 is 0 Å². The molecule has 1 saturated carbocycles. The molecule has 0 N–H and O–H groups in total. The number of allylic oxidation sites excluding steroid dienone is 2. The first-order valence-electron chi connectivity index (χ1n) is 8.67. The van der Waals surface area contributed by atoms with Crippen molar-refractivity contribution in [2.75, 3.05) is 13.2 Å². The molecule has 0 spiro atoms. The van der Waals surface area contributed by atoms with Gasteiger partial charge in [-0.2, -0.15) is 0 Å². The van der Waals surface area contributed by atoms with E-state index in [1.807, 2.05) is 13.0 Å². The van der Waals surface area contributed by atoms with Crippen molar-refractivity contribution in [3.05, 3.63) is 46.0 Å². The lowest BCUT2D eigenvalue weighted by Crippen LogP contribution is -2.54. The summed E-state index contributed by atoms with van der Waals surface area (Å²) < 4.78 is 10.3. The average molecular weight is 361 g/mol. The zero-order valence-corrected chi connectivity index (χ0v) is 15.2. The maximum atomic E-state index is 12.6. The molecule has 1 aromatic rings. The van der Waals surface area contributed by atoms with Gasteiger partial charge >= 0.3 is 11.9 Å². The molecule has 0 aromatic heterocycles. The van der Waals surface area contributed by atoms with Crippen molar-refractivity contribution >= 4 is 23.2 Å². The number of hydrogen-bond acceptors (Lipinski definition) is 6. The van der Waals surface area contributed by atoms with Gasteiger partial charge in [-0.05, 0) is 56.9 Å². The Morgan fingerprint density at radius 1 is 1.19 bits per heavy atom. The van der Waals surface area contributed by atoms with Crippen molar-refractivity contribution in [2.45, 2.75) is 33.6 Å². The summed E-state index contributed by atoms with van der Waals surface area (Å²) in [4.78, 5) is 35.6. The number of carbonyl (C=O) groups excluding carboxylic acids is 2. The van der Waals surface area contributed by atoms with E-state index in [-0.39, 0.29) is 24.8 Å². The van der Waals surface area contributed by atoms with Crippen LogP contribution in [0.1, 0.15) is 39.2 Å². The van der Waals surface area contributed by atoms with E-state index in [1.165, 1.54) is 12.1 Å². The first kappa shape index (κ1) is 19.6. The first-order valence-corrected chi connectivity index (χ1v) is 8.67. The predicted molar refractivity (Wildman–Crippen MR) is 95.2 cm³/mol. The maximum absolute atomic E-state index is 12.6. The molecule has 0 radical (unpaired) electrons. The highest BCUT2D eigenvalue weighted by Crippen LogP contribution is 2.54. The second-order valence-electron chi connectivity index (χ2n) is 6.05. The SMILES string of the molecule is C/C=C(\c1ccc([N+](=O)[O-])cc1)C1CCC1(C(=O)OCC)C(=O)OCC. The molecule has 0 amide bonds. The van der Waals surface area contributed by atoms with E-state index in [9.17, 15) is 19.7 Å². The van der Waals surface area contributed by atoms with Crippen LogP contribution in [-0.4, -0.2) is 30.1 Å². The van der Waals surface area contributed by atoms with Gasteiger partial charge < -0.3 is 9.47 Å². The fraction of sp³-hybridized carbons (Fsp3) is 0.474. The van der Waals surface area contributed by atoms with Crippen molar-refractivity contribution < 1.29 is 24.0 Å². The second-order valence-corrected chi connectivity index (χ2v) is 6.05. The van der Waals surface area contributed by atoms with Crippen LogP contribution in [-0.2, 0) is 19.1 Å². The van der Waals surface area contributed by atoms with Crippen LogP contribution >= 0.6 is 0 Å². The van der Waals surface area contributed by atoms with Crippen LogP contribution in [0.4, 0.5) is 5.69 Å². The number of nitro groups is 1. The van der Waals surface area contributed by atoms with E-state index in [1.54, 1.807) is 26.0 Å². The van der Waals surface area contributed by atoms with Gasteiger partial charge in [0.05, 0.1) is 18.1 Å². The monoisotopic (exact) mass is 361 g/mol. The van der Waals surface area contributed by atoms with Crippen LogP contribution in [0.2, 0.25) is 0 Å². The van der Waals surface area contributed by atoms with Crippen molar-refractivity contribution in [2.24, 2.45) is 11.3 Å². The molecule has 0 heterocycles.